The lowest BCUT2D eigenvalue weighted by Crippen LogP contribution is -2.14. The van der Waals surface area contributed by atoms with Gasteiger partial charge in [-0.3, -0.25) is 0 Å². The molecule has 0 spiro atoms. The van der Waals surface area contributed by atoms with Crippen molar-refractivity contribution in [2.45, 2.75) is 13.5 Å². The van der Waals surface area contributed by atoms with Crippen molar-refractivity contribution in [3.63, 3.8) is 0 Å². The Balaban J connectivity index is 1.99. The highest BCUT2D eigenvalue weighted by Gasteiger charge is 2.09. The maximum atomic E-state index is 11.6. The Morgan fingerprint density at radius 3 is 2.37 bits per heavy atom. The molecule has 4 heteroatoms. The van der Waals surface area contributed by atoms with Crippen LogP contribution in [-0.2, 0) is 6.54 Å². The van der Waals surface area contributed by atoms with Crippen LogP contribution in [0.25, 0.3) is 0 Å². The molecule has 0 amide bonds. The summed E-state index contributed by atoms with van der Waals surface area (Å²) in [7, 11) is 0. The number of rotatable bonds is 3. The van der Waals surface area contributed by atoms with E-state index in [1.807, 2.05) is 19.1 Å². The van der Waals surface area contributed by atoms with Crippen LogP contribution in [0.2, 0.25) is 0 Å². The van der Waals surface area contributed by atoms with Crippen molar-refractivity contribution >= 4 is 6.16 Å². The van der Waals surface area contributed by atoms with Gasteiger partial charge < -0.3 is 15.2 Å². The normalized spacial score (nSPS) is 10.0. The van der Waals surface area contributed by atoms with Gasteiger partial charge in [0.1, 0.15) is 11.5 Å². The highest BCUT2D eigenvalue weighted by molar-refractivity contribution is 5.67. The fourth-order valence-corrected chi connectivity index (χ4v) is 1.57. The van der Waals surface area contributed by atoms with Crippen LogP contribution in [0.1, 0.15) is 11.1 Å². The smallest absolute Gasteiger partial charge is 0.395 e. The van der Waals surface area contributed by atoms with E-state index < -0.39 is 6.16 Å². The van der Waals surface area contributed by atoms with E-state index in [-0.39, 0.29) is 0 Å². The molecule has 2 aromatic rings. The lowest BCUT2D eigenvalue weighted by molar-refractivity contribution is 0.151. The van der Waals surface area contributed by atoms with Crippen LogP contribution in [0.15, 0.2) is 48.5 Å². The average molecular weight is 257 g/mol. The molecule has 0 saturated carbocycles. The zero-order chi connectivity index (χ0) is 13.7. The van der Waals surface area contributed by atoms with Gasteiger partial charge in [-0.15, -0.1) is 0 Å². The number of para-hydroxylation sites is 1. The predicted molar refractivity (Wildman–Crippen MR) is 72.2 cm³/mol. The summed E-state index contributed by atoms with van der Waals surface area (Å²) in [6, 6.07) is 14.2. The first-order valence-electron chi connectivity index (χ1n) is 5.93. The molecule has 0 aromatic heterocycles. The first-order valence-corrected chi connectivity index (χ1v) is 5.93. The van der Waals surface area contributed by atoms with E-state index in [0.717, 1.165) is 11.1 Å². The second-order valence-electron chi connectivity index (χ2n) is 4.07. The van der Waals surface area contributed by atoms with Gasteiger partial charge in [-0.05, 0) is 36.2 Å². The maximum absolute atomic E-state index is 11.6. The molecule has 0 aliphatic rings. The molecule has 0 aliphatic carbocycles. The zero-order valence-corrected chi connectivity index (χ0v) is 10.6. The summed E-state index contributed by atoms with van der Waals surface area (Å²) in [6.07, 6.45) is -0.755. The first kappa shape index (κ1) is 13.1. The molecule has 2 N–H and O–H groups in total. The second kappa shape index (κ2) is 6.02. The first-order chi connectivity index (χ1) is 9.19. The molecule has 0 fully saturated rings. The largest absolute Gasteiger partial charge is 0.519 e. The Labute approximate surface area is 111 Å². The minimum absolute atomic E-state index is 0.427. The van der Waals surface area contributed by atoms with Crippen molar-refractivity contribution in [2.75, 3.05) is 0 Å². The number of ether oxygens (including phenoxy) is 2. The topological polar surface area (TPSA) is 61.5 Å². The van der Waals surface area contributed by atoms with E-state index in [4.69, 9.17) is 15.2 Å². The molecule has 4 nitrogen and oxygen atoms in total. The third-order valence-electron chi connectivity index (χ3n) is 2.65. The summed E-state index contributed by atoms with van der Waals surface area (Å²) < 4.78 is 10.2. The summed E-state index contributed by atoms with van der Waals surface area (Å²) in [4.78, 5) is 11.6. The van der Waals surface area contributed by atoms with Crippen molar-refractivity contribution in [1.82, 2.24) is 0 Å². The highest BCUT2D eigenvalue weighted by atomic mass is 16.7. The minimum atomic E-state index is -0.755. The van der Waals surface area contributed by atoms with Crippen LogP contribution >= 0.6 is 0 Å². The summed E-state index contributed by atoms with van der Waals surface area (Å²) in [5.74, 6) is 0.918. The van der Waals surface area contributed by atoms with Gasteiger partial charge in [-0.2, -0.15) is 0 Å². The van der Waals surface area contributed by atoms with Gasteiger partial charge in [0.05, 0.1) is 0 Å². The highest BCUT2D eigenvalue weighted by Crippen LogP contribution is 2.18. The summed E-state index contributed by atoms with van der Waals surface area (Å²) in [5, 5.41) is 0. The van der Waals surface area contributed by atoms with Crippen LogP contribution in [0, 0.1) is 6.92 Å². The fraction of sp³-hybridized carbons (Fsp3) is 0.133. The van der Waals surface area contributed by atoms with E-state index in [1.165, 1.54) is 0 Å². The van der Waals surface area contributed by atoms with Crippen LogP contribution in [0.3, 0.4) is 0 Å². The molecule has 0 heterocycles. The van der Waals surface area contributed by atoms with E-state index in [0.29, 0.717) is 18.0 Å². The van der Waals surface area contributed by atoms with Crippen molar-refractivity contribution in [3.8, 4) is 11.5 Å². The zero-order valence-electron chi connectivity index (χ0n) is 10.6. The van der Waals surface area contributed by atoms with Gasteiger partial charge in [0, 0.05) is 6.54 Å². The number of carbonyl (C=O) groups excluding carboxylic acids is 1. The molecule has 98 valence electrons. The van der Waals surface area contributed by atoms with Crippen LogP contribution in [0.4, 0.5) is 4.79 Å². The Morgan fingerprint density at radius 2 is 1.74 bits per heavy atom. The molecule has 0 unspecified atom stereocenters. The number of benzene rings is 2. The van der Waals surface area contributed by atoms with Crippen LogP contribution in [0.5, 0.6) is 11.5 Å². The van der Waals surface area contributed by atoms with E-state index in [9.17, 15) is 4.79 Å². The van der Waals surface area contributed by atoms with Gasteiger partial charge in [-0.25, -0.2) is 4.79 Å². The van der Waals surface area contributed by atoms with E-state index in [1.54, 1.807) is 36.4 Å². The molecule has 19 heavy (non-hydrogen) atoms. The van der Waals surface area contributed by atoms with E-state index in [2.05, 4.69) is 0 Å². The number of hydrogen-bond donors (Lipinski definition) is 1. The maximum Gasteiger partial charge on any atom is 0.519 e. The van der Waals surface area contributed by atoms with Crippen LogP contribution < -0.4 is 15.2 Å². The standard InChI is InChI=1S/C15H15NO3/c1-11-4-2-3-5-14(11)19-15(17)18-13-8-6-12(10-16)7-9-13/h2-9H,10,16H2,1H3. The number of aryl methyl sites for hydroxylation is 1. The van der Waals surface area contributed by atoms with Crippen LogP contribution in [-0.4, -0.2) is 6.16 Å². The van der Waals surface area contributed by atoms with Gasteiger partial charge >= 0.3 is 6.16 Å². The fourth-order valence-electron chi connectivity index (χ4n) is 1.57. The van der Waals surface area contributed by atoms with Gasteiger partial charge in [-0.1, -0.05) is 30.3 Å². The van der Waals surface area contributed by atoms with Gasteiger partial charge in [0.2, 0.25) is 0 Å². The molecule has 0 atom stereocenters. The molecule has 0 aliphatic heterocycles. The van der Waals surface area contributed by atoms with Crippen molar-refractivity contribution in [3.05, 3.63) is 59.7 Å². The molecular weight excluding hydrogens is 242 g/mol. The predicted octanol–water partition coefficient (Wildman–Crippen LogP) is 3.03. The molecule has 0 saturated heterocycles. The SMILES string of the molecule is Cc1ccccc1OC(=O)Oc1ccc(CN)cc1. The quantitative estimate of drug-likeness (QED) is 0.678. The summed E-state index contributed by atoms with van der Waals surface area (Å²) in [6.45, 7) is 2.31. The third-order valence-corrected chi connectivity index (χ3v) is 2.65. The second-order valence-corrected chi connectivity index (χ2v) is 4.07. The molecule has 0 bridgehead atoms. The molecule has 2 rings (SSSR count). The third kappa shape index (κ3) is 3.56. The Hall–Kier alpha value is -2.33. The summed E-state index contributed by atoms with van der Waals surface area (Å²) in [5.41, 5.74) is 7.33. The van der Waals surface area contributed by atoms with E-state index >= 15 is 0 Å². The van der Waals surface area contributed by atoms with Crippen molar-refractivity contribution < 1.29 is 14.3 Å². The Morgan fingerprint density at radius 1 is 1.05 bits per heavy atom. The average Bonchev–Trinajstić information content (AvgIpc) is 2.42. The number of nitrogens with two attached hydrogens (primary N) is 1. The Bertz CT molecular complexity index is 564. The monoisotopic (exact) mass is 257 g/mol. The molecule has 2 aromatic carbocycles. The summed E-state index contributed by atoms with van der Waals surface area (Å²) >= 11 is 0. The number of hydrogen-bond acceptors (Lipinski definition) is 4. The van der Waals surface area contributed by atoms with Crippen molar-refractivity contribution in [1.29, 1.82) is 0 Å². The lowest BCUT2D eigenvalue weighted by Gasteiger charge is -2.07. The molecule has 0 radical (unpaired) electrons. The van der Waals surface area contributed by atoms with Gasteiger partial charge in [0.15, 0.2) is 0 Å². The molecular formula is C15H15NO3. The Kier molecular flexibility index (Phi) is 4.15. The van der Waals surface area contributed by atoms with Crippen molar-refractivity contribution in [2.24, 2.45) is 5.73 Å². The minimum Gasteiger partial charge on any atom is -0.395 e. The number of carbonyl (C=O) groups is 1. The lowest BCUT2D eigenvalue weighted by atomic mass is 10.2. The van der Waals surface area contributed by atoms with Gasteiger partial charge in [0.25, 0.3) is 0 Å².